The van der Waals surface area contributed by atoms with E-state index in [2.05, 4.69) is 57.4 Å². The van der Waals surface area contributed by atoms with Gasteiger partial charge in [0, 0.05) is 15.4 Å². The van der Waals surface area contributed by atoms with Gasteiger partial charge in [0.2, 0.25) is 0 Å². The SMILES string of the molecule is CC[C@H](NCc1nc2sc3c(c2c(=O)[nH]1)CCC3)c1ccc(Br)cc1. The zero-order valence-electron chi connectivity index (χ0n) is 14.1. The molecule has 0 aliphatic heterocycles. The van der Waals surface area contributed by atoms with Gasteiger partial charge in [0.15, 0.2) is 0 Å². The highest BCUT2D eigenvalue weighted by molar-refractivity contribution is 9.10. The van der Waals surface area contributed by atoms with Crippen LogP contribution in [0.3, 0.4) is 0 Å². The molecule has 0 saturated heterocycles. The topological polar surface area (TPSA) is 57.8 Å². The number of H-pyrrole nitrogens is 1. The first-order valence-electron chi connectivity index (χ1n) is 8.68. The molecule has 0 unspecified atom stereocenters. The highest BCUT2D eigenvalue weighted by Gasteiger charge is 2.21. The minimum atomic E-state index is 0.0119. The van der Waals surface area contributed by atoms with Gasteiger partial charge in [0.05, 0.1) is 11.9 Å². The van der Waals surface area contributed by atoms with Gasteiger partial charge in [0.1, 0.15) is 10.7 Å². The second-order valence-electron chi connectivity index (χ2n) is 6.44. The van der Waals surface area contributed by atoms with Gasteiger partial charge in [-0.1, -0.05) is 35.0 Å². The van der Waals surface area contributed by atoms with E-state index >= 15 is 0 Å². The summed E-state index contributed by atoms with van der Waals surface area (Å²) < 4.78 is 1.08. The molecule has 0 spiro atoms. The van der Waals surface area contributed by atoms with Crippen LogP contribution in [0.4, 0.5) is 0 Å². The quantitative estimate of drug-likeness (QED) is 0.643. The fraction of sp³-hybridized carbons (Fsp3) is 0.368. The van der Waals surface area contributed by atoms with Gasteiger partial charge in [-0.15, -0.1) is 11.3 Å². The molecule has 3 aromatic rings. The lowest BCUT2D eigenvalue weighted by Crippen LogP contribution is -2.23. The average Bonchev–Trinajstić information content (AvgIpc) is 3.17. The first-order valence-corrected chi connectivity index (χ1v) is 10.3. The van der Waals surface area contributed by atoms with Gasteiger partial charge in [0.25, 0.3) is 5.56 Å². The third-order valence-electron chi connectivity index (χ3n) is 4.82. The van der Waals surface area contributed by atoms with Crippen LogP contribution in [-0.2, 0) is 19.4 Å². The van der Waals surface area contributed by atoms with Crippen LogP contribution in [0, 0.1) is 0 Å². The van der Waals surface area contributed by atoms with Crippen molar-refractivity contribution in [2.45, 2.75) is 45.2 Å². The molecule has 1 atom stereocenters. The number of nitrogens with zero attached hydrogens (tertiary/aromatic N) is 1. The number of benzene rings is 1. The largest absolute Gasteiger partial charge is 0.309 e. The van der Waals surface area contributed by atoms with Gasteiger partial charge in [-0.3, -0.25) is 4.79 Å². The lowest BCUT2D eigenvalue weighted by Gasteiger charge is -2.17. The van der Waals surface area contributed by atoms with Gasteiger partial charge >= 0.3 is 0 Å². The number of halogens is 1. The Morgan fingerprint density at radius 3 is 2.88 bits per heavy atom. The van der Waals surface area contributed by atoms with Crippen LogP contribution in [0.1, 0.15) is 47.6 Å². The first-order chi connectivity index (χ1) is 12.2. The van der Waals surface area contributed by atoms with E-state index < -0.39 is 0 Å². The summed E-state index contributed by atoms with van der Waals surface area (Å²) in [6.07, 6.45) is 4.23. The summed E-state index contributed by atoms with van der Waals surface area (Å²) in [7, 11) is 0. The molecule has 2 N–H and O–H groups in total. The smallest absolute Gasteiger partial charge is 0.259 e. The van der Waals surface area contributed by atoms with Crippen LogP contribution in [0.15, 0.2) is 33.5 Å². The number of hydrogen-bond donors (Lipinski definition) is 2. The summed E-state index contributed by atoms with van der Waals surface area (Å²) in [5.74, 6) is 0.716. The molecule has 4 nitrogen and oxygen atoms in total. The van der Waals surface area contributed by atoms with Crippen LogP contribution in [0.25, 0.3) is 10.2 Å². The van der Waals surface area contributed by atoms with Gasteiger partial charge < -0.3 is 10.3 Å². The Bertz CT molecular complexity index is 961. The Hall–Kier alpha value is -1.50. The van der Waals surface area contributed by atoms with E-state index in [0.29, 0.717) is 12.4 Å². The summed E-state index contributed by atoms with van der Waals surface area (Å²) in [5, 5.41) is 4.34. The molecule has 1 aliphatic carbocycles. The van der Waals surface area contributed by atoms with Crippen molar-refractivity contribution in [3.05, 3.63) is 60.9 Å². The molecule has 0 amide bonds. The monoisotopic (exact) mass is 417 g/mol. The lowest BCUT2D eigenvalue weighted by atomic mass is 10.0. The standard InChI is InChI=1S/C19H20BrN3OS/c1-2-14(11-6-8-12(20)9-7-11)21-10-16-22-18(24)17-13-4-3-5-15(13)25-19(17)23-16/h6-9,14,21H,2-5,10H2,1H3,(H,22,23,24)/t14-/m0/s1. The van der Waals surface area contributed by atoms with E-state index in [1.807, 2.05) is 0 Å². The summed E-state index contributed by atoms with van der Waals surface area (Å²) >= 11 is 5.16. The highest BCUT2D eigenvalue weighted by atomic mass is 79.9. The molecular formula is C19H20BrN3OS. The molecule has 25 heavy (non-hydrogen) atoms. The van der Waals surface area contributed by atoms with E-state index in [0.717, 1.165) is 40.4 Å². The number of thiophene rings is 1. The van der Waals surface area contributed by atoms with Crippen LogP contribution < -0.4 is 10.9 Å². The number of aryl methyl sites for hydroxylation is 2. The zero-order chi connectivity index (χ0) is 17.4. The van der Waals surface area contributed by atoms with E-state index in [9.17, 15) is 4.79 Å². The third-order valence-corrected chi connectivity index (χ3v) is 6.53. The van der Waals surface area contributed by atoms with Crippen LogP contribution in [0.2, 0.25) is 0 Å². The van der Waals surface area contributed by atoms with E-state index in [1.54, 1.807) is 11.3 Å². The maximum Gasteiger partial charge on any atom is 0.259 e. The van der Waals surface area contributed by atoms with Gasteiger partial charge in [-0.05, 0) is 48.9 Å². The highest BCUT2D eigenvalue weighted by Crippen LogP contribution is 2.34. The van der Waals surface area contributed by atoms with Crippen LogP contribution in [-0.4, -0.2) is 9.97 Å². The number of rotatable bonds is 5. The first kappa shape index (κ1) is 16.9. The Labute approximate surface area is 158 Å². The average molecular weight is 418 g/mol. The van der Waals surface area contributed by atoms with Crippen molar-refractivity contribution in [3.8, 4) is 0 Å². The summed E-state index contributed by atoms with van der Waals surface area (Å²) in [6.45, 7) is 2.71. The van der Waals surface area contributed by atoms with E-state index in [-0.39, 0.29) is 11.6 Å². The molecule has 0 saturated carbocycles. The number of nitrogens with one attached hydrogen (secondary N) is 2. The number of aromatic nitrogens is 2. The molecule has 0 radical (unpaired) electrons. The Kier molecular flexibility index (Phi) is 4.75. The lowest BCUT2D eigenvalue weighted by molar-refractivity contribution is 0.508. The van der Waals surface area contributed by atoms with Crippen molar-refractivity contribution < 1.29 is 0 Å². The van der Waals surface area contributed by atoms with E-state index in [1.165, 1.54) is 16.0 Å². The maximum absolute atomic E-state index is 12.5. The third kappa shape index (κ3) is 3.30. The number of hydrogen-bond acceptors (Lipinski definition) is 4. The number of fused-ring (bicyclic) bond motifs is 3. The fourth-order valence-corrected chi connectivity index (χ4v) is 5.09. The molecule has 0 bridgehead atoms. The molecule has 2 heterocycles. The Morgan fingerprint density at radius 2 is 2.12 bits per heavy atom. The van der Waals surface area contributed by atoms with Gasteiger partial charge in [-0.2, -0.15) is 0 Å². The van der Waals surface area contributed by atoms with Crippen molar-refractivity contribution in [3.63, 3.8) is 0 Å². The zero-order valence-corrected chi connectivity index (χ0v) is 16.5. The summed E-state index contributed by atoms with van der Waals surface area (Å²) in [6, 6.07) is 8.59. The minimum Gasteiger partial charge on any atom is -0.309 e. The normalized spacial score (nSPS) is 14.8. The fourth-order valence-electron chi connectivity index (χ4n) is 3.54. The second kappa shape index (κ2) is 7.02. The number of aromatic amines is 1. The molecule has 1 aromatic carbocycles. The summed E-state index contributed by atoms with van der Waals surface area (Å²) in [5.41, 5.74) is 2.48. The van der Waals surface area contributed by atoms with Crippen molar-refractivity contribution in [1.29, 1.82) is 0 Å². The minimum absolute atomic E-state index is 0.0119. The van der Waals surface area contributed by atoms with Crippen molar-refractivity contribution in [2.75, 3.05) is 0 Å². The maximum atomic E-state index is 12.5. The Morgan fingerprint density at radius 1 is 1.32 bits per heavy atom. The predicted molar refractivity (Wildman–Crippen MR) is 106 cm³/mol. The molecule has 0 fully saturated rings. The molecule has 130 valence electrons. The van der Waals surface area contributed by atoms with Crippen LogP contribution >= 0.6 is 27.3 Å². The summed E-state index contributed by atoms with van der Waals surface area (Å²) in [4.78, 5) is 22.4. The molecule has 2 aromatic heterocycles. The van der Waals surface area contributed by atoms with Gasteiger partial charge in [-0.25, -0.2) is 4.98 Å². The molecule has 4 rings (SSSR count). The van der Waals surface area contributed by atoms with E-state index in [4.69, 9.17) is 4.98 Å². The predicted octanol–water partition coefficient (Wildman–Crippen LogP) is 4.48. The molecular weight excluding hydrogens is 398 g/mol. The van der Waals surface area contributed by atoms with Crippen molar-refractivity contribution in [1.82, 2.24) is 15.3 Å². The van der Waals surface area contributed by atoms with Crippen molar-refractivity contribution >= 4 is 37.5 Å². The molecule has 1 aliphatic rings. The Balaban J connectivity index is 1.56. The second-order valence-corrected chi connectivity index (χ2v) is 8.44. The molecule has 6 heteroatoms. The van der Waals surface area contributed by atoms with Crippen LogP contribution in [0.5, 0.6) is 0 Å². The van der Waals surface area contributed by atoms with Crippen molar-refractivity contribution in [2.24, 2.45) is 0 Å².